The van der Waals surface area contributed by atoms with Gasteiger partial charge in [0.15, 0.2) is 14.1 Å². The summed E-state index contributed by atoms with van der Waals surface area (Å²) in [7, 11) is -1.93. The van der Waals surface area contributed by atoms with E-state index in [1.807, 2.05) is 49.4 Å². The molecule has 1 atom stereocenters. The number of carbonyl (C=O) groups is 2. The summed E-state index contributed by atoms with van der Waals surface area (Å²) in [6, 6.07) is -0.279. The van der Waals surface area contributed by atoms with Crippen LogP contribution < -0.4 is 0 Å². The molecule has 0 N–H and O–H groups in total. The van der Waals surface area contributed by atoms with Gasteiger partial charge in [0.2, 0.25) is 0 Å². The van der Waals surface area contributed by atoms with Crippen molar-refractivity contribution >= 4 is 42.8 Å². The third-order valence-electron chi connectivity index (χ3n) is 4.37. The number of nitrogens with zero attached hydrogens (tertiary/aromatic N) is 1. The normalized spacial score (nSPS) is 20.0. The molecule has 1 rings (SSSR count). The molecule has 7 heteroatoms. The van der Waals surface area contributed by atoms with E-state index in [1.54, 1.807) is 0 Å². The molecule has 0 unspecified atom stereocenters. The number of Topliss-reactive ketones (excluding diaryl/α,β-unsaturated/α-hetero) is 1. The molecule has 0 saturated carbocycles. The molecule has 0 aliphatic carbocycles. The Morgan fingerprint density at radius 2 is 1.83 bits per heavy atom. The van der Waals surface area contributed by atoms with Crippen LogP contribution in [0.15, 0.2) is 9.66 Å². The first-order chi connectivity index (χ1) is 10.6. The Morgan fingerprint density at radius 3 is 2.29 bits per heavy atom. The number of halogens is 1. The number of ketones is 1. The number of hydrogen-bond donors (Lipinski definition) is 0. The molecule has 0 spiro atoms. The van der Waals surface area contributed by atoms with E-state index in [0.29, 0.717) is 10.2 Å². The Morgan fingerprint density at radius 1 is 1.29 bits per heavy atom. The standard InChI is InChI=1S/C17H30INO4Si/c1-16(2,3)23-15(21)19-10-14(20)13(18)9-12(19)11-22-24(7,8)17(4,5)6/h9,12H,10-11H2,1-8H3/t12-/m0/s1. The highest BCUT2D eigenvalue weighted by Gasteiger charge is 2.39. The molecule has 1 heterocycles. The van der Waals surface area contributed by atoms with Gasteiger partial charge in [-0.3, -0.25) is 9.69 Å². The lowest BCUT2D eigenvalue weighted by atomic mass is 10.1. The minimum Gasteiger partial charge on any atom is -0.444 e. The van der Waals surface area contributed by atoms with Gasteiger partial charge >= 0.3 is 6.09 Å². The average Bonchev–Trinajstić information content (AvgIpc) is 2.36. The smallest absolute Gasteiger partial charge is 0.411 e. The van der Waals surface area contributed by atoms with Gasteiger partial charge in [-0.15, -0.1) is 0 Å². The number of ether oxygens (including phenoxy) is 1. The molecule has 0 saturated heterocycles. The van der Waals surface area contributed by atoms with Crippen LogP contribution in [0.5, 0.6) is 0 Å². The molecule has 0 aromatic carbocycles. The van der Waals surface area contributed by atoms with Gasteiger partial charge in [0.25, 0.3) is 0 Å². The van der Waals surface area contributed by atoms with Crippen molar-refractivity contribution in [3.63, 3.8) is 0 Å². The molecule has 138 valence electrons. The summed E-state index contributed by atoms with van der Waals surface area (Å²) in [5, 5.41) is 0.0884. The molecular weight excluding hydrogens is 437 g/mol. The lowest BCUT2D eigenvalue weighted by Gasteiger charge is -2.39. The quantitative estimate of drug-likeness (QED) is 0.453. The van der Waals surface area contributed by atoms with Gasteiger partial charge in [-0.05, 0) is 67.6 Å². The first-order valence-corrected chi connectivity index (χ1v) is 12.2. The van der Waals surface area contributed by atoms with Crippen LogP contribution in [0.1, 0.15) is 41.5 Å². The molecule has 0 radical (unpaired) electrons. The SMILES string of the molecule is CC(C)(C)OC(=O)N1CC(=O)C(I)=C[C@H]1CO[Si](C)(C)C(C)(C)C. The number of amides is 1. The molecule has 24 heavy (non-hydrogen) atoms. The van der Waals surface area contributed by atoms with Crippen molar-refractivity contribution in [1.82, 2.24) is 4.90 Å². The Hall–Kier alpha value is -0.413. The zero-order chi connectivity index (χ0) is 18.9. The first kappa shape index (κ1) is 21.6. The highest BCUT2D eigenvalue weighted by atomic mass is 127. The first-order valence-electron chi connectivity index (χ1n) is 8.18. The molecule has 0 bridgehead atoms. The summed E-state index contributed by atoms with van der Waals surface area (Å²) < 4.78 is 12.4. The van der Waals surface area contributed by atoms with Gasteiger partial charge in [-0.25, -0.2) is 4.79 Å². The van der Waals surface area contributed by atoms with Gasteiger partial charge in [0, 0.05) is 0 Å². The fourth-order valence-corrected chi connectivity index (χ4v) is 3.47. The van der Waals surface area contributed by atoms with E-state index in [4.69, 9.17) is 9.16 Å². The second-order valence-electron chi connectivity index (χ2n) is 8.68. The predicted molar refractivity (Wildman–Crippen MR) is 107 cm³/mol. The third-order valence-corrected chi connectivity index (χ3v) is 9.83. The van der Waals surface area contributed by atoms with Gasteiger partial charge in [-0.1, -0.05) is 20.8 Å². The predicted octanol–water partition coefficient (Wildman–Crippen LogP) is 4.52. The van der Waals surface area contributed by atoms with Crippen LogP contribution in [-0.4, -0.2) is 49.9 Å². The van der Waals surface area contributed by atoms with Crippen molar-refractivity contribution in [1.29, 1.82) is 0 Å². The second kappa shape index (κ2) is 7.45. The van der Waals surface area contributed by atoms with E-state index < -0.39 is 20.0 Å². The molecule has 0 aromatic heterocycles. The monoisotopic (exact) mass is 467 g/mol. The van der Waals surface area contributed by atoms with Crippen LogP contribution in [0.3, 0.4) is 0 Å². The number of rotatable bonds is 3. The van der Waals surface area contributed by atoms with Crippen molar-refractivity contribution in [2.24, 2.45) is 0 Å². The Balaban J connectivity index is 2.94. The molecule has 1 amide bonds. The summed E-state index contributed by atoms with van der Waals surface area (Å²) >= 11 is 2.02. The third kappa shape index (κ3) is 5.84. The van der Waals surface area contributed by atoms with E-state index in [0.717, 1.165) is 0 Å². The number of hydrogen-bond acceptors (Lipinski definition) is 4. The summed E-state index contributed by atoms with van der Waals surface area (Å²) in [6.45, 7) is 16.7. The van der Waals surface area contributed by atoms with E-state index in [9.17, 15) is 9.59 Å². The zero-order valence-corrected chi connectivity index (χ0v) is 19.2. The van der Waals surface area contributed by atoms with Gasteiger partial charge in [0.05, 0.1) is 22.8 Å². The lowest BCUT2D eigenvalue weighted by Crippen LogP contribution is -2.51. The lowest BCUT2D eigenvalue weighted by molar-refractivity contribution is -0.117. The summed E-state index contributed by atoms with van der Waals surface area (Å²) in [4.78, 5) is 26.0. The van der Waals surface area contributed by atoms with Crippen molar-refractivity contribution in [3.8, 4) is 0 Å². The number of carbonyl (C=O) groups excluding carboxylic acids is 2. The molecule has 1 aliphatic heterocycles. The molecule has 0 aromatic rings. The van der Waals surface area contributed by atoms with E-state index in [-0.39, 0.29) is 23.4 Å². The van der Waals surface area contributed by atoms with E-state index >= 15 is 0 Å². The van der Waals surface area contributed by atoms with Crippen molar-refractivity contribution in [2.75, 3.05) is 13.2 Å². The van der Waals surface area contributed by atoms with Gasteiger partial charge in [-0.2, -0.15) is 0 Å². The van der Waals surface area contributed by atoms with E-state index in [2.05, 4.69) is 33.9 Å². The minimum absolute atomic E-state index is 0.0369. The van der Waals surface area contributed by atoms with Crippen LogP contribution in [0.2, 0.25) is 18.1 Å². The Kier molecular flexibility index (Phi) is 6.71. The van der Waals surface area contributed by atoms with Gasteiger partial charge < -0.3 is 9.16 Å². The van der Waals surface area contributed by atoms with Crippen LogP contribution in [0.4, 0.5) is 4.79 Å². The molecular formula is C17H30INO4Si. The van der Waals surface area contributed by atoms with Gasteiger partial charge in [0.1, 0.15) is 5.60 Å². The van der Waals surface area contributed by atoms with Crippen LogP contribution in [0, 0.1) is 0 Å². The fraction of sp³-hybridized carbons (Fsp3) is 0.765. The van der Waals surface area contributed by atoms with Crippen LogP contribution in [0.25, 0.3) is 0 Å². The molecule has 0 fully saturated rings. The van der Waals surface area contributed by atoms with Crippen LogP contribution >= 0.6 is 22.6 Å². The summed E-state index contributed by atoms with van der Waals surface area (Å²) in [6.07, 6.45) is 1.34. The largest absolute Gasteiger partial charge is 0.444 e. The second-order valence-corrected chi connectivity index (χ2v) is 14.7. The Labute approximate surface area is 160 Å². The highest BCUT2D eigenvalue weighted by Crippen LogP contribution is 2.37. The summed E-state index contributed by atoms with van der Waals surface area (Å²) in [5.74, 6) is -0.0648. The van der Waals surface area contributed by atoms with Crippen molar-refractivity contribution < 1.29 is 18.8 Å². The Bertz CT molecular complexity index is 532. The molecule has 1 aliphatic rings. The highest BCUT2D eigenvalue weighted by molar-refractivity contribution is 14.1. The maximum atomic E-state index is 12.5. The van der Waals surface area contributed by atoms with Crippen LogP contribution in [-0.2, 0) is 14.0 Å². The van der Waals surface area contributed by atoms with E-state index in [1.165, 1.54) is 4.90 Å². The van der Waals surface area contributed by atoms with Crippen molar-refractivity contribution in [2.45, 2.75) is 71.3 Å². The average molecular weight is 467 g/mol. The fourth-order valence-electron chi connectivity index (χ4n) is 1.87. The maximum absolute atomic E-state index is 12.5. The zero-order valence-electron chi connectivity index (χ0n) is 16.0. The molecule has 5 nitrogen and oxygen atoms in total. The topological polar surface area (TPSA) is 55.8 Å². The minimum atomic E-state index is -1.93. The summed E-state index contributed by atoms with van der Waals surface area (Å²) in [5.41, 5.74) is -0.598. The van der Waals surface area contributed by atoms with Crippen molar-refractivity contribution in [3.05, 3.63) is 9.66 Å². The maximum Gasteiger partial charge on any atom is 0.411 e.